The smallest absolute Gasteiger partial charge is 0.317 e. The maximum absolute atomic E-state index is 13.5. The van der Waals surface area contributed by atoms with E-state index in [1.165, 1.54) is 23.3 Å². The van der Waals surface area contributed by atoms with Gasteiger partial charge in [-0.2, -0.15) is 0 Å². The fourth-order valence-electron chi connectivity index (χ4n) is 3.23. The maximum Gasteiger partial charge on any atom is 0.317 e. The Bertz CT molecular complexity index is 825. The number of carbonyl (C=O) groups excluding carboxylic acids is 1. The molecule has 0 radical (unpaired) electrons. The zero-order valence-electron chi connectivity index (χ0n) is 15.3. The Balaban J connectivity index is 1.61. The molecule has 1 atom stereocenters. The molecule has 1 heterocycles. The molecular formula is C20H24FN3O2. The number of fused-ring (bicyclic) bond motifs is 1. The molecule has 3 rings (SSSR count). The number of halogens is 1. The molecule has 0 saturated carbocycles. The van der Waals surface area contributed by atoms with Crippen molar-refractivity contribution in [3.8, 4) is 5.75 Å². The first-order valence-electron chi connectivity index (χ1n) is 8.62. The van der Waals surface area contributed by atoms with Gasteiger partial charge in [0.1, 0.15) is 0 Å². The molecule has 0 saturated heterocycles. The lowest BCUT2D eigenvalue weighted by molar-refractivity contribution is 0.203. The van der Waals surface area contributed by atoms with Crippen LogP contribution >= 0.6 is 0 Å². The van der Waals surface area contributed by atoms with Gasteiger partial charge in [-0.05, 0) is 48.4 Å². The second-order valence-electron chi connectivity index (χ2n) is 7.01. The average Bonchev–Trinajstić information content (AvgIpc) is 2.96. The third kappa shape index (κ3) is 3.96. The van der Waals surface area contributed by atoms with E-state index < -0.39 is 11.6 Å². The van der Waals surface area contributed by atoms with Crippen molar-refractivity contribution in [2.24, 2.45) is 0 Å². The highest BCUT2D eigenvalue weighted by Crippen LogP contribution is 2.23. The van der Waals surface area contributed by atoms with Gasteiger partial charge in [-0.25, -0.2) is 9.18 Å². The molecule has 1 aliphatic rings. The number of phenols is 1. The lowest BCUT2D eigenvalue weighted by Crippen LogP contribution is -2.38. The summed E-state index contributed by atoms with van der Waals surface area (Å²) in [6, 6.07) is 9.86. The number of urea groups is 1. The highest BCUT2D eigenvalue weighted by atomic mass is 19.1. The number of phenolic OH excluding ortho intramolecular Hbond substituents is 1. The molecule has 2 aromatic rings. The quantitative estimate of drug-likeness (QED) is 0.882. The minimum atomic E-state index is -0.694. The molecule has 6 heteroatoms. The van der Waals surface area contributed by atoms with Crippen molar-refractivity contribution in [1.29, 1.82) is 0 Å². The second kappa shape index (κ2) is 7.33. The van der Waals surface area contributed by atoms with Crippen molar-refractivity contribution in [2.45, 2.75) is 32.6 Å². The molecule has 1 aliphatic heterocycles. The van der Waals surface area contributed by atoms with Crippen molar-refractivity contribution in [3.63, 3.8) is 0 Å². The summed E-state index contributed by atoms with van der Waals surface area (Å²) in [5, 5.41) is 12.1. The fraction of sp³-hybridized carbons (Fsp3) is 0.350. The van der Waals surface area contributed by atoms with Crippen LogP contribution in [0.1, 0.15) is 35.2 Å². The standard InChI is InChI=1S/C20H24FN3O2/c1-13(15-6-7-19(25)18(21)9-15)22-20(26)24(3)10-14-4-5-16-11-23(2)12-17(16)8-14/h4-9,13,25H,10-12H2,1-3H3,(H,22,26)/t13-/m1/s1. The molecular weight excluding hydrogens is 333 g/mol. The fourth-order valence-corrected chi connectivity index (χ4v) is 3.23. The van der Waals surface area contributed by atoms with E-state index in [0.717, 1.165) is 18.7 Å². The maximum atomic E-state index is 13.5. The molecule has 0 aliphatic carbocycles. The number of amides is 2. The van der Waals surface area contributed by atoms with E-state index in [1.54, 1.807) is 24.9 Å². The Morgan fingerprint density at radius 3 is 2.73 bits per heavy atom. The molecule has 138 valence electrons. The van der Waals surface area contributed by atoms with E-state index in [4.69, 9.17) is 0 Å². The van der Waals surface area contributed by atoms with Gasteiger partial charge in [-0.3, -0.25) is 4.90 Å². The lowest BCUT2D eigenvalue weighted by Gasteiger charge is -2.22. The topological polar surface area (TPSA) is 55.8 Å². The van der Waals surface area contributed by atoms with E-state index in [9.17, 15) is 14.3 Å². The van der Waals surface area contributed by atoms with Crippen LogP contribution in [0.4, 0.5) is 9.18 Å². The van der Waals surface area contributed by atoms with E-state index in [2.05, 4.69) is 35.5 Å². The summed E-state index contributed by atoms with van der Waals surface area (Å²) in [7, 11) is 3.83. The Hall–Kier alpha value is -2.60. The van der Waals surface area contributed by atoms with E-state index in [1.807, 2.05) is 0 Å². The van der Waals surface area contributed by atoms with Crippen LogP contribution in [0.15, 0.2) is 36.4 Å². The normalized spacial score (nSPS) is 14.8. The van der Waals surface area contributed by atoms with E-state index in [-0.39, 0.29) is 12.1 Å². The van der Waals surface area contributed by atoms with Crippen LogP contribution in [0.5, 0.6) is 5.75 Å². The molecule has 0 unspecified atom stereocenters. The zero-order chi connectivity index (χ0) is 18.8. The average molecular weight is 357 g/mol. The summed E-state index contributed by atoms with van der Waals surface area (Å²) in [5.41, 5.74) is 4.33. The van der Waals surface area contributed by atoms with Crippen LogP contribution in [0.3, 0.4) is 0 Å². The Labute approximate surface area is 153 Å². The first-order chi connectivity index (χ1) is 12.3. The second-order valence-corrected chi connectivity index (χ2v) is 7.01. The molecule has 26 heavy (non-hydrogen) atoms. The first-order valence-corrected chi connectivity index (χ1v) is 8.62. The largest absolute Gasteiger partial charge is 0.505 e. The number of benzene rings is 2. The van der Waals surface area contributed by atoms with Crippen LogP contribution in [0.2, 0.25) is 0 Å². The Morgan fingerprint density at radius 1 is 1.27 bits per heavy atom. The summed E-state index contributed by atoms with van der Waals surface area (Å²) in [6.07, 6.45) is 0. The summed E-state index contributed by atoms with van der Waals surface area (Å²) >= 11 is 0. The van der Waals surface area contributed by atoms with Gasteiger partial charge in [0.15, 0.2) is 11.6 Å². The molecule has 2 amide bonds. The van der Waals surface area contributed by atoms with Crippen LogP contribution in [-0.2, 0) is 19.6 Å². The molecule has 0 fully saturated rings. The van der Waals surface area contributed by atoms with Crippen molar-refractivity contribution >= 4 is 6.03 Å². The number of rotatable bonds is 4. The number of aromatic hydroxyl groups is 1. The molecule has 0 spiro atoms. The Morgan fingerprint density at radius 2 is 2.00 bits per heavy atom. The number of nitrogens with zero attached hydrogens (tertiary/aromatic N) is 2. The predicted octanol–water partition coefficient (Wildman–Crippen LogP) is 3.38. The van der Waals surface area contributed by atoms with E-state index >= 15 is 0 Å². The highest BCUT2D eigenvalue weighted by molar-refractivity contribution is 5.74. The van der Waals surface area contributed by atoms with Gasteiger partial charge in [0.2, 0.25) is 0 Å². The zero-order valence-corrected chi connectivity index (χ0v) is 15.3. The van der Waals surface area contributed by atoms with E-state index in [0.29, 0.717) is 12.1 Å². The molecule has 5 nitrogen and oxygen atoms in total. The predicted molar refractivity (Wildman–Crippen MR) is 98.1 cm³/mol. The summed E-state index contributed by atoms with van der Waals surface area (Å²) < 4.78 is 13.5. The molecule has 0 bridgehead atoms. The number of carbonyl (C=O) groups is 1. The summed E-state index contributed by atoms with van der Waals surface area (Å²) in [4.78, 5) is 16.3. The number of hydrogen-bond acceptors (Lipinski definition) is 3. The van der Waals surface area contributed by atoms with Gasteiger partial charge in [-0.15, -0.1) is 0 Å². The van der Waals surface area contributed by atoms with Gasteiger partial charge in [-0.1, -0.05) is 24.3 Å². The number of hydrogen-bond donors (Lipinski definition) is 2. The minimum Gasteiger partial charge on any atom is -0.505 e. The molecule has 2 N–H and O–H groups in total. The van der Waals surface area contributed by atoms with Gasteiger partial charge in [0.25, 0.3) is 0 Å². The monoisotopic (exact) mass is 357 g/mol. The summed E-state index contributed by atoms with van der Waals surface area (Å²) in [6.45, 7) is 4.18. The highest BCUT2D eigenvalue weighted by Gasteiger charge is 2.18. The van der Waals surface area contributed by atoms with Crippen molar-refractivity contribution in [1.82, 2.24) is 15.1 Å². The third-order valence-corrected chi connectivity index (χ3v) is 4.73. The van der Waals surface area contributed by atoms with Crippen molar-refractivity contribution < 1.29 is 14.3 Å². The van der Waals surface area contributed by atoms with Crippen LogP contribution in [0, 0.1) is 5.82 Å². The van der Waals surface area contributed by atoms with Gasteiger partial charge in [0.05, 0.1) is 6.04 Å². The third-order valence-electron chi connectivity index (χ3n) is 4.73. The molecule has 0 aromatic heterocycles. The van der Waals surface area contributed by atoms with Gasteiger partial charge < -0.3 is 15.3 Å². The van der Waals surface area contributed by atoms with Crippen LogP contribution in [0.25, 0.3) is 0 Å². The van der Waals surface area contributed by atoms with Crippen LogP contribution in [-0.4, -0.2) is 35.0 Å². The summed E-state index contributed by atoms with van der Waals surface area (Å²) in [5.74, 6) is -1.09. The van der Waals surface area contributed by atoms with Gasteiger partial charge >= 0.3 is 6.03 Å². The number of nitrogens with one attached hydrogen (secondary N) is 1. The van der Waals surface area contributed by atoms with Crippen LogP contribution < -0.4 is 5.32 Å². The van der Waals surface area contributed by atoms with Crippen molar-refractivity contribution in [2.75, 3.05) is 14.1 Å². The minimum absolute atomic E-state index is 0.233. The van der Waals surface area contributed by atoms with Gasteiger partial charge in [0, 0.05) is 26.7 Å². The lowest BCUT2D eigenvalue weighted by atomic mass is 10.1. The SMILES string of the molecule is C[C@@H](NC(=O)N(C)Cc1ccc2c(c1)CN(C)C2)c1ccc(O)c(F)c1. The molecule has 2 aromatic carbocycles. The van der Waals surface area contributed by atoms with Crippen molar-refractivity contribution in [3.05, 3.63) is 64.5 Å². The Kier molecular flexibility index (Phi) is 5.13. The first kappa shape index (κ1) is 18.2.